The van der Waals surface area contributed by atoms with Crippen LogP contribution >= 0.6 is 0 Å². The maximum Gasteiger partial charge on any atom is 0.342 e. The van der Waals surface area contributed by atoms with Crippen LogP contribution in [0.15, 0.2) is 12.1 Å². The minimum Gasteiger partial charge on any atom is -0.477 e. The van der Waals surface area contributed by atoms with Crippen molar-refractivity contribution < 1.29 is 19.9 Å². The van der Waals surface area contributed by atoms with E-state index in [0.717, 1.165) is 31.2 Å². The van der Waals surface area contributed by atoms with Crippen molar-refractivity contribution in [3.05, 3.63) is 33.4 Å². The van der Waals surface area contributed by atoms with Gasteiger partial charge < -0.3 is 15.2 Å². The van der Waals surface area contributed by atoms with E-state index in [2.05, 4.69) is 5.01 Å². The largest absolute Gasteiger partial charge is 0.477 e. The van der Waals surface area contributed by atoms with Crippen LogP contribution in [0, 0.1) is 16.0 Å². The quantitative estimate of drug-likeness (QED) is 0.640. The fraction of sp³-hybridized carbons (Fsp3) is 0.562. The fourth-order valence-corrected chi connectivity index (χ4v) is 3.79. The van der Waals surface area contributed by atoms with E-state index >= 15 is 0 Å². The summed E-state index contributed by atoms with van der Waals surface area (Å²) in [4.78, 5) is 21.8. The first kappa shape index (κ1) is 16.7. The molecule has 1 aliphatic carbocycles. The van der Waals surface area contributed by atoms with Gasteiger partial charge in [-0.2, -0.15) is 0 Å². The van der Waals surface area contributed by atoms with E-state index in [1.807, 2.05) is 12.1 Å². The van der Waals surface area contributed by atoms with Gasteiger partial charge in [0.05, 0.1) is 10.6 Å². The molecule has 3 rings (SSSR count). The van der Waals surface area contributed by atoms with Gasteiger partial charge in [-0.05, 0) is 43.2 Å². The zero-order valence-corrected chi connectivity index (χ0v) is 13.5. The molecule has 8 heteroatoms. The van der Waals surface area contributed by atoms with Gasteiger partial charge in [0, 0.05) is 32.3 Å². The molecular formula is C16H21N3O5. The Morgan fingerprint density at radius 1 is 1.33 bits per heavy atom. The summed E-state index contributed by atoms with van der Waals surface area (Å²) in [5.74, 6) is -0.934. The van der Waals surface area contributed by atoms with Gasteiger partial charge in [0.1, 0.15) is 5.56 Å². The van der Waals surface area contributed by atoms with Crippen LogP contribution in [-0.4, -0.2) is 45.8 Å². The Labute approximate surface area is 139 Å². The molecule has 1 aromatic rings. The van der Waals surface area contributed by atoms with E-state index < -0.39 is 10.9 Å². The fourth-order valence-electron chi connectivity index (χ4n) is 3.79. The monoisotopic (exact) mass is 335 g/mol. The lowest BCUT2D eigenvalue weighted by molar-refractivity contribution is -0.385. The van der Waals surface area contributed by atoms with Crippen LogP contribution in [0.3, 0.4) is 0 Å². The average Bonchev–Trinajstić information content (AvgIpc) is 2.90. The topological polar surface area (TPSA) is 107 Å². The summed E-state index contributed by atoms with van der Waals surface area (Å²) in [5, 5.41) is 33.7. The molecule has 0 aromatic heterocycles. The van der Waals surface area contributed by atoms with Crippen LogP contribution in [0.5, 0.6) is 0 Å². The van der Waals surface area contributed by atoms with Gasteiger partial charge >= 0.3 is 5.97 Å². The molecule has 1 saturated carbocycles. The van der Waals surface area contributed by atoms with E-state index in [1.165, 1.54) is 12.1 Å². The highest BCUT2D eigenvalue weighted by atomic mass is 16.6. The zero-order valence-electron chi connectivity index (χ0n) is 13.5. The molecule has 1 aliphatic heterocycles. The lowest BCUT2D eigenvalue weighted by atomic mass is 9.86. The summed E-state index contributed by atoms with van der Waals surface area (Å²) in [6.07, 6.45) is 3.83. The Bertz CT molecular complexity index is 670. The molecule has 2 aliphatic rings. The van der Waals surface area contributed by atoms with Crippen LogP contribution in [0.25, 0.3) is 0 Å². The van der Waals surface area contributed by atoms with Gasteiger partial charge in [-0.3, -0.25) is 10.1 Å². The van der Waals surface area contributed by atoms with Crippen LogP contribution in [0.4, 0.5) is 11.4 Å². The predicted molar refractivity (Wildman–Crippen MR) is 86.8 cm³/mol. The number of nitrogens with zero attached hydrogens (tertiary/aromatic N) is 3. The van der Waals surface area contributed by atoms with E-state index in [0.29, 0.717) is 24.2 Å². The second-order valence-corrected chi connectivity index (χ2v) is 6.54. The number of carboxylic acids is 1. The van der Waals surface area contributed by atoms with Gasteiger partial charge in [-0.25, -0.2) is 9.80 Å². The summed E-state index contributed by atoms with van der Waals surface area (Å²) in [6.45, 7) is 0.762. The Hall–Kier alpha value is -2.19. The molecule has 24 heavy (non-hydrogen) atoms. The van der Waals surface area contributed by atoms with Crippen molar-refractivity contribution in [3.63, 3.8) is 0 Å². The third-order valence-electron chi connectivity index (χ3n) is 5.19. The smallest absolute Gasteiger partial charge is 0.342 e. The molecule has 2 N–H and O–H groups in total. The summed E-state index contributed by atoms with van der Waals surface area (Å²) < 4.78 is 0. The van der Waals surface area contributed by atoms with Crippen molar-refractivity contribution >= 4 is 17.3 Å². The van der Waals surface area contributed by atoms with Gasteiger partial charge in [0.2, 0.25) is 0 Å². The number of fused-ring (bicyclic) bond motifs is 1. The SMILES string of the molecule is CN1c2cc(C(=O)O)c([N+](=O)[O-])cc2CN1C1CCC(CO)CC1. The lowest BCUT2D eigenvalue weighted by Crippen LogP contribution is -2.44. The number of hydrogen-bond donors (Lipinski definition) is 2. The van der Waals surface area contributed by atoms with Crippen molar-refractivity contribution in [2.75, 3.05) is 18.7 Å². The van der Waals surface area contributed by atoms with E-state index in [9.17, 15) is 25.1 Å². The standard InChI is InChI=1S/C16H21N3O5/c1-17-14-7-13(16(21)22)15(19(23)24)6-11(14)8-18(17)12-4-2-10(9-20)3-5-12/h6-7,10,12,20H,2-5,8-9H2,1H3,(H,21,22). The first-order valence-electron chi connectivity index (χ1n) is 8.08. The molecule has 0 unspecified atom stereocenters. The molecule has 0 amide bonds. The van der Waals surface area contributed by atoms with Gasteiger partial charge in [0.15, 0.2) is 0 Å². The minimum absolute atomic E-state index is 0.219. The Morgan fingerprint density at radius 2 is 2.00 bits per heavy atom. The summed E-state index contributed by atoms with van der Waals surface area (Å²) >= 11 is 0. The number of aliphatic hydroxyl groups excluding tert-OH is 1. The van der Waals surface area contributed by atoms with E-state index in [-0.39, 0.29) is 17.9 Å². The number of aromatic carboxylic acids is 1. The highest BCUT2D eigenvalue weighted by Gasteiger charge is 2.35. The van der Waals surface area contributed by atoms with Crippen molar-refractivity contribution in [2.45, 2.75) is 38.3 Å². The van der Waals surface area contributed by atoms with Crippen LogP contribution < -0.4 is 5.01 Å². The lowest BCUT2D eigenvalue weighted by Gasteiger charge is -2.38. The number of hydrogen-bond acceptors (Lipinski definition) is 6. The van der Waals surface area contributed by atoms with Gasteiger partial charge in [0.25, 0.3) is 5.69 Å². The summed E-state index contributed by atoms with van der Waals surface area (Å²) in [7, 11) is 1.86. The second-order valence-electron chi connectivity index (χ2n) is 6.54. The molecule has 1 fully saturated rings. The highest BCUT2D eigenvalue weighted by molar-refractivity contribution is 5.94. The summed E-state index contributed by atoms with van der Waals surface area (Å²) in [6, 6.07) is 3.08. The molecular weight excluding hydrogens is 314 g/mol. The first-order chi connectivity index (χ1) is 11.4. The van der Waals surface area contributed by atoms with Crippen LogP contribution in [0.1, 0.15) is 41.6 Å². The van der Waals surface area contributed by atoms with Crippen molar-refractivity contribution in [3.8, 4) is 0 Å². The second kappa shape index (κ2) is 6.37. The molecule has 1 heterocycles. The maximum atomic E-state index is 11.3. The molecule has 130 valence electrons. The van der Waals surface area contributed by atoms with E-state index in [4.69, 9.17) is 0 Å². The number of rotatable bonds is 4. The predicted octanol–water partition coefficient (Wildman–Crippen LogP) is 2.01. The van der Waals surface area contributed by atoms with Gasteiger partial charge in [-0.15, -0.1) is 0 Å². The third-order valence-corrected chi connectivity index (χ3v) is 5.19. The first-order valence-corrected chi connectivity index (χ1v) is 8.08. The number of hydrazine groups is 1. The number of aliphatic hydroxyl groups is 1. The zero-order chi connectivity index (χ0) is 17.4. The van der Waals surface area contributed by atoms with Crippen molar-refractivity contribution in [1.82, 2.24) is 5.01 Å². The van der Waals surface area contributed by atoms with Crippen LogP contribution in [-0.2, 0) is 6.54 Å². The third kappa shape index (κ3) is 2.83. The number of anilines is 1. The Balaban J connectivity index is 1.86. The number of benzene rings is 1. The molecule has 8 nitrogen and oxygen atoms in total. The van der Waals surface area contributed by atoms with E-state index in [1.54, 1.807) is 0 Å². The molecule has 0 atom stereocenters. The highest BCUT2D eigenvalue weighted by Crippen LogP contribution is 2.39. The van der Waals surface area contributed by atoms with Gasteiger partial charge in [-0.1, -0.05) is 0 Å². The molecule has 0 radical (unpaired) electrons. The number of carboxylic acid groups (broad SMARTS) is 1. The van der Waals surface area contributed by atoms with Crippen molar-refractivity contribution in [1.29, 1.82) is 0 Å². The molecule has 0 bridgehead atoms. The number of carbonyl (C=O) groups is 1. The molecule has 0 saturated heterocycles. The maximum absolute atomic E-state index is 11.3. The van der Waals surface area contributed by atoms with Crippen molar-refractivity contribution in [2.24, 2.45) is 5.92 Å². The Morgan fingerprint density at radius 3 is 2.54 bits per heavy atom. The van der Waals surface area contributed by atoms with Crippen LogP contribution in [0.2, 0.25) is 0 Å². The number of nitro groups is 1. The molecule has 1 aromatic carbocycles. The minimum atomic E-state index is -1.29. The molecule has 0 spiro atoms. The normalized spacial score (nSPS) is 24.0. The number of nitro benzene ring substituents is 1. The Kier molecular flexibility index (Phi) is 4.42. The summed E-state index contributed by atoms with van der Waals surface area (Å²) in [5.41, 5.74) is 0.845. The average molecular weight is 335 g/mol.